The van der Waals surface area contributed by atoms with Crippen LogP contribution in [0.3, 0.4) is 0 Å². The Morgan fingerprint density at radius 1 is 1.33 bits per heavy atom. The van der Waals surface area contributed by atoms with Crippen molar-refractivity contribution in [1.82, 2.24) is 4.90 Å². The van der Waals surface area contributed by atoms with Gasteiger partial charge in [0.25, 0.3) is 0 Å². The Morgan fingerprint density at radius 2 is 1.95 bits per heavy atom. The molecule has 0 aromatic heterocycles. The third kappa shape index (κ3) is 6.27. The van der Waals surface area contributed by atoms with Crippen LogP contribution in [0, 0.1) is 0 Å². The van der Waals surface area contributed by atoms with E-state index in [1.807, 2.05) is 30.5 Å². The van der Waals surface area contributed by atoms with Gasteiger partial charge in [0.15, 0.2) is 0 Å². The summed E-state index contributed by atoms with van der Waals surface area (Å²) in [6, 6.07) is 6.92. The molecule has 0 saturated carbocycles. The molecule has 1 amide bonds. The lowest BCUT2D eigenvalue weighted by molar-refractivity contribution is -0.131. The first kappa shape index (κ1) is 17.7. The number of nitrogens with two attached hydrogens (primary N) is 1. The molecule has 1 aromatic rings. The molecule has 0 unspecified atom stereocenters. The summed E-state index contributed by atoms with van der Waals surface area (Å²) in [5, 5.41) is 0. The van der Waals surface area contributed by atoms with Gasteiger partial charge in [0.1, 0.15) is 18.1 Å². The van der Waals surface area contributed by atoms with E-state index in [9.17, 15) is 4.79 Å². The van der Waals surface area contributed by atoms with Crippen LogP contribution in [0.1, 0.15) is 6.42 Å². The lowest BCUT2D eigenvalue weighted by Gasteiger charge is -2.21. The van der Waals surface area contributed by atoms with Crippen molar-refractivity contribution in [3.63, 3.8) is 0 Å². The molecule has 0 bridgehead atoms. The molecule has 0 aliphatic carbocycles. The molecule has 1 atom stereocenters. The highest BCUT2D eigenvalue weighted by Crippen LogP contribution is 2.16. The van der Waals surface area contributed by atoms with Crippen LogP contribution in [0.5, 0.6) is 11.5 Å². The highest BCUT2D eigenvalue weighted by Gasteiger charge is 2.17. The van der Waals surface area contributed by atoms with Gasteiger partial charge < -0.3 is 20.1 Å². The topological polar surface area (TPSA) is 64.8 Å². The first-order chi connectivity index (χ1) is 10.1. The van der Waals surface area contributed by atoms with Gasteiger partial charge in [-0.3, -0.25) is 4.79 Å². The summed E-state index contributed by atoms with van der Waals surface area (Å²) < 4.78 is 10.7. The Hall–Kier alpha value is -1.40. The number of carbonyl (C=O) groups excluding carboxylic acids is 1. The highest BCUT2D eigenvalue weighted by molar-refractivity contribution is 7.98. The number of thioether (sulfide) groups is 1. The molecule has 0 heterocycles. The van der Waals surface area contributed by atoms with Gasteiger partial charge in [-0.15, -0.1) is 0 Å². The molecule has 5 nitrogen and oxygen atoms in total. The summed E-state index contributed by atoms with van der Waals surface area (Å²) in [5.41, 5.74) is 5.86. The number of rotatable bonds is 9. The first-order valence-corrected chi connectivity index (χ1v) is 8.24. The Morgan fingerprint density at radius 3 is 2.52 bits per heavy atom. The number of hydrogen-bond acceptors (Lipinski definition) is 5. The van der Waals surface area contributed by atoms with E-state index < -0.39 is 6.04 Å². The molecule has 21 heavy (non-hydrogen) atoms. The van der Waals surface area contributed by atoms with E-state index in [0.717, 1.165) is 17.3 Å². The van der Waals surface area contributed by atoms with Crippen molar-refractivity contribution in [2.45, 2.75) is 12.5 Å². The van der Waals surface area contributed by atoms with Gasteiger partial charge in [-0.25, -0.2) is 0 Å². The van der Waals surface area contributed by atoms with Crippen LogP contribution in [0.2, 0.25) is 0 Å². The molecule has 1 aromatic carbocycles. The van der Waals surface area contributed by atoms with Crippen LogP contribution in [-0.2, 0) is 4.79 Å². The quantitative estimate of drug-likeness (QED) is 0.750. The van der Waals surface area contributed by atoms with E-state index in [1.165, 1.54) is 0 Å². The molecule has 0 radical (unpaired) electrons. The Balaban J connectivity index is 2.31. The molecule has 0 spiro atoms. The van der Waals surface area contributed by atoms with E-state index in [-0.39, 0.29) is 5.91 Å². The maximum atomic E-state index is 12.0. The SMILES string of the molecule is COc1ccc(OCCN(C)C(=O)[C@H](N)CCSC)cc1. The largest absolute Gasteiger partial charge is 0.497 e. The van der Waals surface area contributed by atoms with Crippen LogP contribution >= 0.6 is 11.8 Å². The summed E-state index contributed by atoms with van der Waals surface area (Å²) in [4.78, 5) is 13.6. The van der Waals surface area contributed by atoms with Crippen LogP contribution in [0.4, 0.5) is 0 Å². The van der Waals surface area contributed by atoms with Gasteiger partial charge in [0, 0.05) is 7.05 Å². The third-order valence-electron chi connectivity index (χ3n) is 3.08. The van der Waals surface area contributed by atoms with E-state index in [1.54, 1.807) is 30.8 Å². The normalized spacial score (nSPS) is 11.8. The van der Waals surface area contributed by atoms with Crippen molar-refractivity contribution in [1.29, 1.82) is 0 Å². The second kappa shape index (κ2) is 9.52. The first-order valence-electron chi connectivity index (χ1n) is 6.84. The molecular weight excluding hydrogens is 288 g/mol. The molecular formula is C15H24N2O3S. The standard InChI is InChI=1S/C15H24N2O3S/c1-17(15(18)14(16)8-11-21-3)9-10-20-13-6-4-12(19-2)5-7-13/h4-7,14H,8-11,16H2,1-3H3/t14-/m1/s1. The predicted octanol–water partition coefficient (Wildman–Crippen LogP) is 1.61. The smallest absolute Gasteiger partial charge is 0.239 e. The minimum Gasteiger partial charge on any atom is -0.497 e. The predicted molar refractivity (Wildman–Crippen MR) is 87.1 cm³/mol. The number of ether oxygens (including phenoxy) is 2. The minimum atomic E-state index is -0.427. The highest BCUT2D eigenvalue weighted by atomic mass is 32.2. The van der Waals surface area contributed by atoms with Crippen molar-refractivity contribution in [2.24, 2.45) is 5.73 Å². The lowest BCUT2D eigenvalue weighted by atomic mass is 10.2. The van der Waals surface area contributed by atoms with Gasteiger partial charge >= 0.3 is 0 Å². The van der Waals surface area contributed by atoms with Crippen LogP contribution < -0.4 is 15.2 Å². The third-order valence-corrected chi connectivity index (χ3v) is 3.73. The Labute approximate surface area is 130 Å². The fraction of sp³-hybridized carbons (Fsp3) is 0.533. The van der Waals surface area contributed by atoms with Crippen molar-refractivity contribution in [2.75, 3.05) is 39.3 Å². The van der Waals surface area contributed by atoms with E-state index in [4.69, 9.17) is 15.2 Å². The van der Waals surface area contributed by atoms with Gasteiger partial charge in [0.05, 0.1) is 19.7 Å². The molecule has 0 aliphatic rings. The monoisotopic (exact) mass is 312 g/mol. The number of nitrogens with zero attached hydrogens (tertiary/aromatic N) is 1. The summed E-state index contributed by atoms with van der Waals surface area (Å²) in [6.45, 7) is 0.946. The van der Waals surface area contributed by atoms with Gasteiger partial charge in [-0.05, 0) is 42.7 Å². The van der Waals surface area contributed by atoms with Crippen LogP contribution in [0.25, 0.3) is 0 Å². The number of carbonyl (C=O) groups is 1. The zero-order valence-electron chi connectivity index (χ0n) is 12.9. The lowest BCUT2D eigenvalue weighted by Crippen LogP contribution is -2.43. The van der Waals surface area contributed by atoms with Crippen molar-refractivity contribution >= 4 is 17.7 Å². The van der Waals surface area contributed by atoms with Crippen LogP contribution in [-0.4, -0.2) is 56.2 Å². The minimum absolute atomic E-state index is 0.0395. The zero-order valence-corrected chi connectivity index (χ0v) is 13.7. The number of methoxy groups -OCH3 is 1. The summed E-state index contributed by atoms with van der Waals surface area (Å²) in [7, 11) is 3.37. The Kier molecular flexibility index (Phi) is 8.00. The number of benzene rings is 1. The molecule has 0 fully saturated rings. The Bertz CT molecular complexity index is 425. The molecule has 6 heteroatoms. The van der Waals surface area contributed by atoms with Crippen molar-refractivity contribution < 1.29 is 14.3 Å². The fourth-order valence-corrected chi connectivity index (χ4v) is 2.22. The van der Waals surface area contributed by atoms with Gasteiger partial charge in [-0.2, -0.15) is 11.8 Å². The summed E-state index contributed by atoms with van der Waals surface area (Å²) >= 11 is 1.69. The molecule has 1 rings (SSSR count). The number of hydrogen-bond donors (Lipinski definition) is 1. The summed E-state index contributed by atoms with van der Waals surface area (Å²) in [5.74, 6) is 2.39. The average molecular weight is 312 g/mol. The van der Waals surface area contributed by atoms with Crippen molar-refractivity contribution in [3.05, 3.63) is 24.3 Å². The molecule has 0 aliphatic heterocycles. The fourth-order valence-electron chi connectivity index (χ4n) is 1.73. The van der Waals surface area contributed by atoms with E-state index in [0.29, 0.717) is 19.6 Å². The second-order valence-electron chi connectivity index (χ2n) is 4.67. The molecule has 0 saturated heterocycles. The molecule has 118 valence electrons. The maximum Gasteiger partial charge on any atom is 0.239 e. The van der Waals surface area contributed by atoms with E-state index >= 15 is 0 Å². The summed E-state index contributed by atoms with van der Waals surface area (Å²) in [6.07, 6.45) is 2.70. The van der Waals surface area contributed by atoms with E-state index in [2.05, 4.69) is 0 Å². The second-order valence-corrected chi connectivity index (χ2v) is 5.66. The van der Waals surface area contributed by atoms with Crippen LogP contribution in [0.15, 0.2) is 24.3 Å². The zero-order chi connectivity index (χ0) is 15.7. The molecule has 2 N–H and O–H groups in total. The number of likely N-dealkylation sites (N-methyl/N-ethyl adjacent to an activating group) is 1. The number of amides is 1. The maximum absolute atomic E-state index is 12.0. The van der Waals surface area contributed by atoms with Gasteiger partial charge in [0.2, 0.25) is 5.91 Å². The van der Waals surface area contributed by atoms with Crippen molar-refractivity contribution in [3.8, 4) is 11.5 Å². The van der Waals surface area contributed by atoms with Gasteiger partial charge in [-0.1, -0.05) is 0 Å². The average Bonchev–Trinajstić information content (AvgIpc) is 2.52.